The monoisotopic (exact) mass is 454 g/mol. The molecule has 2 unspecified atom stereocenters. The third-order valence-corrected chi connectivity index (χ3v) is 7.81. The Bertz CT molecular complexity index is 1340. The van der Waals surface area contributed by atoms with E-state index in [4.69, 9.17) is 4.98 Å². The Morgan fingerprint density at radius 1 is 1.26 bits per heavy atom. The fourth-order valence-electron chi connectivity index (χ4n) is 3.59. The molecule has 0 fully saturated rings. The van der Waals surface area contributed by atoms with E-state index < -0.39 is 16.1 Å². The van der Waals surface area contributed by atoms with Gasteiger partial charge in [-0.2, -0.15) is 0 Å². The van der Waals surface area contributed by atoms with E-state index in [1.165, 1.54) is 11.3 Å². The molecule has 0 bridgehead atoms. The van der Waals surface area contributed by atoms with Gasteiger partial charge in [-0.05, 0) is 58.4 Å². The largest absolute Gasteiger partial charge is 0.598 e. The van der Waals surface area contributed by atoms with Crippen molar-refractivity contribution in [3.8, 4) is 11.4 Å². The first-order valence-corrected chi connectivity index (χ1v) is 12.1. The zero-order chi connectivity index (χ0) is 22.5. The molecule has 0 saturated carbocycles. The molecular weight excluding hydrogens is 428 g/mol. The van der Waals surface area contributed by atoms with E-state index in [1.54, 1.807) is 17.1 Å². The van der Waals surface area contributed by atoms with Crippen LogP contribution < -0.4 is 10.3 Å². The van der Waals surface area contributed by atoms with Gasteiger partial charge in [0.25, 0.3) is 5.56 Å². The predicted octanol–water partition coefficient (Wildman–Crippen LogP) is 4.63. The zero-order valence-electron chi connectivity index (χ0n) is 18.5. The van der Waals surface area contributed by atoms with E-state index in [-0.39, 0.29) is 11.6 Å². The standard InChI is InChI=1S/C23H26N4O2S2/c1-13-10-16(14(2)26-31(29)23(3,4)5)19-17(11-13)22(28)27(6)21(25-19)15-8-7-9-18-20(15)30-12-24-18/h7-12,14,26H,1-6H3. The van der Waals surface area contributed by atoms with Crippen LogP contribution >= 0.6 is 11.3 Å². The Kier molecular flexibility index (Phi) is 5.68. The molecule has 4 aromatic rings. The number of aromatic nitrogens is 3. The van der Waals surface area contributed by atoms with Crippen molar-refractivity contribution < 1.29 is 4.55 Å². The maximum Gasteiger partial charge on any atom is 0.261 e. The van der Waals surface area contributed by atoms with Gasteiger partial charge in [0.2, 0.25) is 0 Å². The van der Waals surface area contributed by atoms with Gasteiger partial charge in [-0.1, -0.05) is 12.1 Å². The van der Waals surface area contributed by atoms with E-state index >= 15 is 0 Å². The Hall–Kier alpha value is -2.26. The Morgan fingerprint density at radius 2 is 2.00 bits per heavy atom. The van der Waals surface area contributed by atoms with Crippen molar-refractivity contribution in [2.75, 3.05) is 0 Å². The average molecular weight is 455 g/mol. The molecule has 31 heavy (non-hydrogen) atoms. The van der Waals surface area contributed by atoms with Crippen molar-refractivity contribution in [2.45, 2.75) is 45.4 Å². The fourth-order valence-corrected chi connectivity index (χ4v) is 5.19. The van der Waals surface area contributed by atoms with Gasteiger partial charge in [0.05, 0.1) is 32.7 Å². The van der Waals surface area contributed by atoms with E-state index in [2.05, 4.69) is 9.71 Å². The number of aryl methyl sites for hydroxylation is 1. The van der Waals surface area contributed by atoms with Gasteiger partial charge in [0, 0.05) is 29.5 Å². The van der Waals surface area contributed by atoms with Gasteiger partial charge in [0.1, 0.15) is 10.6 Å². The maximum atomic E-state index is 13.3. The molecule has 0 aliphatic carbocycles. The summed E-state index contributed by atoms with van der Waals surface area (Å²) >= 11 is 0.284. The number of thiazole rings is 1. The predicted molar refractivity (Wildman–Crippen MR) is 130 cm³/mol. The Labute approximate surface area is 188 Å². The average Bonchev–Trinajstić information content (AvgIpc) is 3.18. The van der Waals surface area contributed by atoms with Crippen molar-refractivity contribution >= 4 is 43.8 Å². The summed E-state index contributed by atoms with van der Waals surface area (Å²) in [5.74, 6) is 0.599. The molecule has 2 atom stereocenters. The van der Waals surface area contributed by atoms with Crippen molar-refractivity contribution in [3.63, 3.8) is 0 Å². The molecule has 6 nitrogen and oxygen atoms in total. The van der Waals surface area contributed by atoms with Crippen molar-refractivity contribution in [1.29, 1.82) is 0 Å². The first-order chi connectivity index (χ1) is 14.6. The van der Waals surface area contributed by atoms with Gasteiger partial charge < -0.3 is 4.55 Å². The van der Waals surface area contributed by atoms with Crippen LogP contribution in [-0.4, -0.2) is 23.8 Å². The van der Waals surface area contributed by atoms with Gasteiger partial charge in [-0.15, -0.1) is 16.1 Å². The minimum atomic E-state index is -1.25. The number of fused-ring (bicyclic) bond motifs is 2. The summed E-state index contributed by atoms with van der Waals surface area (Å²) in [6, 6.07) is 9.51. The van der Waals surface area contributed by atoms with Gasteiger partial charge in [0.15, 0.2) is 0 Å². The maximum absolute atomic E-state index is 13.3. The molecule has 4 rings (SSSR count). The van der Waals surface area contributed by atoms with Crippen LogP contribution in [0.5, 0.6) is 0 Å². The second-order valence-electron chi connectivity index (χ2n) is 8.78. The third kappa shape index (κ3) is 4.01. The third-order valence-electron chi connectivity index (χ3n) is 5.26. The highest BCUT2D eigenvalue weighted by molar-refractivity contribution is 7.90. The number of nitrogens with one attached hydrogen (secondary N) is 1. The van der Waals surface area contributed by atoms with Crippen LogP contribution in [0.2, 0.25) is 0 Å². The number of rotatable bonds is 4. The van der Waals surface area contributed by atoms with Crippen molar-refractivity contribution in [1.82, 2.24) is 19.3 Å². The normalized spacial score (nSPS) is 14.3. The highest BCUT2D eigenvalue weighted by Crippen LogP contribution is 2.32. The van der Waals surface area contributed by atoms with Gasteiger partial charge in [-0.25, -0.2) is 9.97 Å². The van der Waals surface area contributed by atoms with Gasteiger partial charge in [-0.3, -0.25) is 9.36 Å². The molecule has 1 N–H and O–H groups in total. The smallest absolute Gasteiger partial charge is 0.261 e. The Balaban J connectivity index is 1.95. The molecular formula is C23H26N4O2S2. The lowest BCUT2D eigenvalue weighted by atomic mass is 10.0. The molecule has 0 aliphatic rings. The summed E-state index contributed by atoms with van der Waals surface area (Å²) in [4.78, 5) is 22.7. The molecule has 0 aliphatic heterocycles. The Morgan fingerprint density at radius 3 is 2.71 bits per heavy atom. The SMILES string of the molecule is Cc1cc(C(C)N[S+]([O-])C(C)(C)C)c2nc(-c3cccc4ncsc34)n(C)c(=O)c2c1. The summed E-state index contributed by atoms with van der Waals surface area (Å²) in [5, 5.41) is 0.563. The van der Waals surface area contributed by atoms with Crippen LogP contribution in [0.4, 0.5) is 0 Å². The van der Waals surface area contributed by atoms with Crippen molar-refractivity contribution in [3.05, 3.63) is 57.3 Å². The quantitative estimate of drug-likeness (QED) is 0.455. The topological polar surface area (TPSA) is 82.9 Å². The molecule has 2 heterocycles. The minimum absolute atomic E-state index is 0.101. The molecule has 2 aromatic heterocycles. The highest BCUT2D eigenvalue weighted by atomic mass is 32.2. The molecule has 8 heteroatoms. The van der Waals surface area contributed by atoms with Crippen LogP contribution in [0.15, 0.2) is 40.6 Å². The first-order valence-electron chi connectivity index (χ1n) is 10.1. The molecule has 0 amide bonds. The summed E-state index contributed by atoms with van der Waals surface area (Å²) in [6.07, 6.45) is 0. The number of benzene rings is 2. The summed E-state index contributed by atoms with van der Waals surface area (Å²) in [6.45, 7) is 9.71. The summed E-state index contributed by atoms with van der Waals surface area (Å²) < 4.78 is 18.1. The minimum Gasteiger partial charge on any atom is -0.598 e. The van der Waals surface area contributed by atoms with Crippen LogP contribution in [0.25, 0.3) is 32.5 Å². The second kappa shape index (κ2) is 8.02. The summed E-state index contributed by atoms with van der Waals surface area (Å²) in [7, 11) is 1.75. The van der Waals surface area contributed by atoms with Crippen LogP contribution in [0.1, 0.15) is 44.9 Å². The van der Waals surface area contributed by atoms with Crippen LogP contribution in [0.3, 0.4) is 0 Å². The van der Waals surface area contributed by atoms with Gasteiger partial charge >= 0.3 is 0 Å². The molecule has 2 aromatic carbocycles. The molecule has 0 radical (unpaired) electrons. The fraction of sp³-hybridized carbons (Fsp3) is 0.348. The van der Waals surface area contributed by atoms with E-state index in [0.29, 0.717) is 16.7 Å². The molecule has 0 spiro atoms. The van der Waals surface area contributed by atoms with E-state index in [0.717, 1.165) is 26.9 Å². The molecule has 0 saturated heterocycles. The van der Waals surface area contributed by atoms with E-state index in [9.17, 15) is 9.35 Å². The second-order valence-corrected chi connectivity index (χ2v) is 11.6. The lowest BCUT2D eigenvalue weighted by Crippen LogP contribution is -2.40. The number of hydrogen-bond acceptors (Lipinski definition) is 6. The van der Waals surface area contributed by atoms with Crippen molar-refractivity contribution in [2.24, 2.45) is 7.05 Å². The lowest BCUT2D eigenvalue weighted by molar-refractivity contribution is 0.531. The number of nitrogens with zero attached hydrogens (tertiary/aromatic N) is 3. The van der Waals surface area contributed by atoms with E-state index in [1.807, 2.05) is 65.0 Å². The van der Waals surface area contributed by atoms with Crippen LogP contribution in [-0.2, 0) is 18.4 Å². The van der Waals surface area contributed by atoms with Crippen LogP contribution in [0, 0.1) is 6.92 Å². The summed E-state index contributed by atoms with van der Waals surface area (Å²) in [5.41, 5.74) is 5.93. The molecule has 162 valence electrons. The number of hydrogen-bond donors (Lipinski definition) is 1. The lowest BCUT2D eigenvalue weighted by Gasteiger charge is -2.27. The highest BCUT2D eigenvalue weighted by Gasteiger charge is 2.29. The zero-order valence-corrected chi connectivity index (χ0v) is 20.1. The first kappa shape index (κ1) is 22.0.